The Bertz CT molecular complexity index is 513. The van der Waals surface area contributed by atoms with Gasteiger partial charge in [0.15, 0.2) is 0 Å². The molecule has 0 N–H and O–H groups in total. The summed E-state index contributed by atoms with van der Waals surface area (Å²) in [5.41, 5.74) is 1.16. The van der Waals surface area contributed by atoms with E-state index in [1.165, 1.54) is 4.88 Å². The van der Waals surface area contributed by atoms with Crippen molar-refractivity contribution in [3.05, 3.63) is 55.6 Å². The number of rotatable bonds is 4. The van der Waals surface area contributed by atoms with E-state index >= 15 is 0 Å². The zero-order valence-corrected chi connectivity index (χ0v) is 13.5. The van der Waals surface area contributed by atoms with Gasteiger partial charge in [0.25, 0.3) is 0 Å². The number of hydrogen-bond donors (Lipinski definition) is 0. The standard InChI is InChI=1S/C14H15BrClNS/c1-10(14-4-3-7-18-14)17(2)9-11-5-6-12(15)8-13(11)16/h3-8,10H,9H2,1-2H3. The maximum absolute atomic E-state index is 6.25. The van der Waals surface area contributed by atoms with Crippen LogP contribution in [-0.4, -0.2) is 11.9 Å². The summed E-state index contributed by atoms with van der Waals surface area (Å²) in [6.45, 7) is 3.07. The molecule has 2 rings (SSSR count). The van der Waals surface area contributed by atoms with E-state index in [2.05, 4.69) is 58.4 Å². The van der Waals surface area contributed by atoms with Crippen LogP contribution in [-0.2, 0) is 6.54 Å². The van der Waals surface area contributed by atoms with E-state index in [4.69, 9.17) is 11.6 Å². The van der Waals surface area contributed by atoms with Crippen molar-refractivity contribution in [2.75, 3.05) is 7.05 Å². The second-order valence-electron chi connectivity index (χ2n) is 4.34. The van der Waals surface area contributed by atoms with Gasteiger partial charge < -0.3 is 0 Å². The highest BCUT2D eigenvalue weighted by atomic mass is 79.9. The molecule has 0 aliphatic rings. The van der Waals surface area contributed by atoms with Crippen molar-refractivity contribution in [3.63, 3.8) is 0 Å². The predicted octanol–water partition coefficient (Wildman–Crippen LogP) is 5.36. The Morgan fingerprint density at radius 3 is 2.78 bits per heavy atom. The number of hydrogen-bond acceptors (Lipinski definition) is 2. The fraction of sp³-hybridized carbons (Fsp3) is 0.286. The summed E-state index contributed by atoms with van der Waals surface area (Å²) < 4.78 is 1.02. The third-order valence-electron chi connectivity index (χ3n) is 3.05. The zero-order chi connectivity index (χ0) is 13.1. The van der Waals surface area contributed by atoms with Gasteiger partial charge in [-0.25, -0.2) is 0 Å². The highest BCUT2D eigenvalue weighted by molar-refractivity contribution is 9.10. The molecule has 0 aliphatic heterocycles. The Kier molecular flexibility index (Phi) is 4.84. The van der Waals surface area contributed by atoms with E-state index in [1.54, 1.807) is 11.3 Å². The van der Waals surface area contributed by atoms with E-state index in [0.717, 1.165) is 21.6 Å². The van der Waals surface area contributed by atoms with Crippen LogP contribution >= 0.6 is 38.9 Å². The minimum atomic E-state index is 0.407. The minimum Gasteiger partial charge on any atom is -0.295 e. The Labute approximate surface area is 126 Å². The van der Waals surface area contributed by atoms with Crippen molar-refractivity contribution in [2.45, 2.75) is 19.5 Å². The topological polar surface area (TPSA) is 3.24 Å². The summed E-state index contributed by atoms with van der Waals surface area (Å²) in [6, 6.07) is 10.7. The molecular weight excluding hydrogens is 330 g/mol. The molecule has 0 spiro atoms. The van der Waals surface area contributed by atoms with E-state index < -0.39 is 0 Å². The Hall–Kier alpha value is -0.350. The maximum atomic E-state index is 6.25. The molecule has 1 unspecified atom stereocenters. The van der Waals surface area contributed by atoms with E-state index in [0.29, 0.717) is 6.04 Å². The normalized spacial score (nSPS) is 12.9. The molecule has 0 radical (unpaired) electrons. The van der Waals surface area contributed by atoms with Crippen LogP contribution < -0.4 is 0 Å². The van der Waals surface area contributed by atoms with Gasteiger partial charge in [-0.3, -0.25) is 4.90 Å². The quantitative estimate of drug-likeness (QED) is 0.722. The molecule has 0 aliphatic carbocycles. The summed E-state index contributed by atoms with van der Waals surface area (Å²) in [5, 5.41) is 2.93. The third-order valence-corrected chi connectivity index (χ3v) is 4.94. The third kappa shape index (κ3) is 3.35. The van der Waals surface area contributed by atoms with E-state index in [-0.39, 0.29) is 0 Å². The van der Waals surface area contributed by atoms with Crippen LogP contribution in [0.3, 0.4) is 0 Å². The van der Waals surface area contributed by atoms with Crippen LogP contribution in [0, 0.1) is 0 Å². The van der Waals surface area contributed by atoms with Crippen molar-refractivity contribution in [2.24, 2.45) is 0 Å². The van der Waals surface area contributed by atoms with Crippen molar-refractivity contribution in [1.29, 1.82) is 0 Å². The van der Waals surface area contributed by atoms with E-state index in [1.807, 2.05) is 12.1 Å². The molecule has 0 saturated heterocycles. The molecule has 1 atom stereocenters. The lowest BCUT2D eigenvalue weighted by atomic mass is 10.2. The molecule has 0 bridgehead atoms. The molecule has 0 saturated carbocycles. The molecule has 2 aromatic rings. The Balaban J connectivity index is 2.09. The van der Waals surface area contributed by atoms with Crippen molar-refractivity contribution >= 4 is 38.9 Å². The summed E-state index contributed by atoms with van der Waals surface area (Å²) in [5.74, 6) is 0. The molecular formula is C14H15BrClNS. The van der Waals surface area contributed by atoms with Gasteiger partial charge in [-0.2, -0.15) is 0 Å². The number of benzene rings is 1. The maximum Gasteiger partial charge on any atom is 0.0462 e. The summed E-state index contributed by atoms with van der Waals surface area (Å²) in [6.07, 6.45) is 0. The van der Waals surface area contributed by atoms with Crippen LogP contribution in [0.2, 0.25) is 5.02 Å². The lowest BCUT2D eigenvalue weighted by Gasteiger charge is -2.24. The van der Waals surface area contributed by atoms with Crippen molar-refractivity contribution in [1.82, 2.24) is 4.90 Å². The van der Waals surface area contributed by atoms with Gasteiger partial charge in [-0.15, -0.1) is 11.3 Å². The van der Waals surface area contributed by atoms with Gasteiger partial charge in [0, 0.05) is 27.0 Å². The second kappa shape index (κ2) is 6.20. The van der Waals surface area contributed by atoms with Gasteiger partial charge in [-0.05, 0) is 43.1 Å². The smallest absolute Gasteiger partial charge is 0.0462 e. The molecule has 18 heavy (non-hydrogen) atoms. The minimum absolute atomic E-state index is 0.407. The first-order valence-electron chi connectivity index (χ1n) is 5.75. The average Bonchev–Trinajstić information content (AvgIpc) is 2.85. The molecule has 96 valence electrons. The second-order valence-corrected chi connectivity index (χ2v) is 6.64. The summed E-state index contributed by atoms with van der Waals surface area (Å²) in [7, 11) is 2.13. The molecule has 0 amide bonds. The monoisotopic (exact) mass is 343 g/mol. The molecule has 1 aromatic heterocycles. The summed E-state index contributed by atoms with van der Waals surface area (Å²) in [4.78, 5) is 3.69. The fourth-order valence-corrected chi connectivity index (χ4v) is 3.38. The summed E-state index contributed by atoms with van der Waals surface area (Å²) >= 11 is 11.5. The van der Waals surface area contributed by atoms with Crippen molar-refractivity contribution < 1.29 is 0 Å². The SMILES string of the molecule is CC(c1cccs1)N(C)Cc1ccc(Br)cc1Cl. The Morgan fingerprint density at radius 2 is 2.17 bits per heavy atom. The van der Waals surface area contributed by atoms with Gasteiger partial charge in [-0.1, -0.05) is 39.7 Å². The molecule has 1 nitrogen and oxygen atoms in total. The van der Waals surface area contributed by atoms with Crippen LogP contribution in [0.15, 0.2) is 40.2 Å². The van der Waals surface area contributed by atoms with Gasteiger partial charge in [0.05, 0.1) is 0 Å². The average molecular weight is 345 g/mol. The predicted molar refractivity (Wildman–Crippen MR) is 83.4 cm³/mol. The number of thiophene rings is 1. The lowest BCUT2D eigenvalue weighted by Crippen LogP contribution is -2.21. The largest absolute Gasteiger partial charge is 0.295 e. The Morgan fingerprint density at radius 1 is 1.39 bits per heavy atom. The first-order valence-corrected chi connectivity index (χ1v) is 7.80. The van der Waals surface area contributed by atoms with E-state index in [9.17, 15) is 0 Å². The van der Waals surface area contributed by atoms with Crippen LogP contribution in [0.4, 0.5) is 0 Å². The molecule has 1 aromatic carbocycles. The highest BCUT2D eigenvalue weighted by Crippen LogP contribution is 2.27. The van der Waals surface area contributed by atoms with Crippen LogP contribution in [0.1, 0.15) is 23.4 Å². The van der Waals surface area contributed by atoms with Gasteiger partial charge in [0.2, 0.25) is 0 Å². The van der Waals surface area contributed by atoms with Crippen LogP contribution in [0.25, 0.3) is 0 Å². The fourth-order valence-electron chi connectivity index (χ4n) is 1.80. The highest BCUT2D eigenvalue weighted by Gasteiger charge is 2.14. The molecule has 4 heteroatoms. The molecule has 1 heterocycles. The van der Waals surface area contributed by atoms with Gasteiger partial charge >= 0.3 is 0 Å². The number of nitrogens with zero attached hydrogens (tertiary/aromatic N) is 1. The first-order chi connectivity index (χ1) is 8.58. The number of halogens is 2. The zero-order valence-electron chi connectivity index (χ0n) is 10.4. The van der Waals surface area contributed by atoms with Crippen molar-refractivity contribution in [3.8, 4) is 0 Å². The van der Waals surface area contributed by atoms with Crippen LogP contribution in [0.5, 0.6) is 0 Å². The van der Waals surface area contributed by atoms with Gasteiger partial charge in [0.1, 0.15) is 0 Å². The molecule has 0 fully saturated rings. The lowest BCUT2D eigenvalue weighted by molar-refractivity contribution is 0.256. The first kappa shape index (κ1) is 14.1.